The fourth-order valence-electron chi connectivity index (χ4n) is 5.25. The molecule has 2 saturated heterocycles. The summed E-state index contributed by atoms with van der Waals surface area (Å²) in [5.41, 5.74) is 0.142. The first-order valence-electron chi connectivity index (χ1n) is 12.3. The van der Waals surface area contributed by atoms with E-state index in [1.54, 1.807) is 24.1 Å². The molecule has 4 atom stereocenters. The molecule has 0 N–H and O–H groups in total. The Balaban J connectivity index is 1.39. The minimum absolute atomic E-state index is 0.0409. The number of carbonyl (C=O) groups excluding carboxylic acids is 1. The lowest BCUT2D eigenvalue weighted by molar-refractivity contribution is -0.0108. The molecular weight excluding hydrogens is 507 g/mol. The molecule has 2 aliphatic heterocycles. The fraction of sp³-hybridized carbons (Fsp3) is 0.640. The van der Waals surface area contributed by atoms with Gasteiger partial charge in [-0.2, -0.15) is 0 Å². The van der Waals surface area contributed by atoms with Crippen LogP contribution >= 0.6 is 22.9 Å². The summed E-state index contributed by atoms with van der Waals surface area (Å²) in [6, 6.07) is 4.69. The van der Waals surface area contributed by atoms with E-state index in [1.807, 2.05) is 26.8 Å². The summed E-state index contributed by atoms with van der Waals surface area (Å²) in [4.78, 5) is 16.6. The molecule has 3 fully saturated rings. The van der Waals surface area contributed by atoms with E-state index >= 15 is 4.39 Å². The van der Waals surface area contributed by atoms with Gasteiger partial charge in [-0.25, -0.2) is 9.18 Å². The lowest BCUT2D eigenvalue weighted by Gasteiger charge is -2.45. The average molecular weight is 539 g/mol. The van der Waals surface area contributed by atoms with E-state index in [1.165, 1.54) is 11.3 Å². The van der Waals surface area contributed by atoms with Crippen molar-refractivity contribution >= 4 is 34.2 Å². The molecule has 11 heteroatoms. The molecule has 1 aromatic heterocycles. The largest absolute Gasteiger partial charge is 0.467 e. The van der Waals surface area contributed by atoms with E-state index in [-0.39, 0.29) is 24.9 Å². The van der Waals surface area contributed by atoms with Crippen molar-refractivity contribution in [3.05, 3.63) is 23.2 Å². The highest BCUT2D eigenvalue weighted by atomic mass is 35.5. The molecule has 1 aromatic carbocycles. The van der Waals surface area contributed by atoms with Crippen molar-refractivity contribution in [3.8, 4) is 16.3 Å². The molecule has 3 heterocycles. The number of halogens is 2. The second kappa shape index (κ2) is 9.95. The Morgan fingerprint density at radius 2 is 2.03 bits per heavy atom. The van der Waals surface area contributed by atoms with Gasteiger partial charge < -0.3 is 19.1 Å². The Bertz CT molecular complexity index is 1110. The summed E-state index contributed by atoms with van der Waals surface area (Å²) >= 11 is 7.59. The predicted octanol–water partition coefficient (Wildman–Crippen LogP) is 5.69. The third kappa shape index (κ3) is 5.13. The number of carbonyl (C=O) groups is 1. The van der Waals surface area contributed by atoms with Gasteiger partial charge in [0.25, 0.3) is 0 Å². The maximum absolute atomic E-state index is 16.1. The first-order valence-corrected chi connectivity index (χ1v) is 13.5. The summed E-state index contributed by atoms with van der Waals surface area (Å²) < 4.78 is 32.4. The minimum Gasteiger partial charge on any atom is -0.467 e. The average Bonchev–Trinajstić information content (AvgIpc) is 3.41. The number of alkyl halides is 1. The van der Waals surface area contributed by atoms with Crippen molar-refractivity contribution in [2.45, 2.75) is 88.8 Å². The lowest BCUT2D eigenvalue weighted by atomic mass is 9.94. The second-order valence-electron chi connectivity index (χ2n) is 10.7. The molecular formula is C25H32ClFN4O4S. The van der Waals surface area contributed by atoms with Gasteiger partial charge in [0, 0.05) is 24.2 Å². The van der Waals surface area contributed by atoms with Crippen LogP contribution in [0.1, 0.15) is 52.9 Å². The Morgan fingerprint density at radius 3 is 2.72 bits per heavy atom. The molecule has 1 aliphatic carbocycles. The van der Waals surface area contributed by atoms with Crippen LogP contribution in [0.4, 0.5) is 14.3 Å². The van der Waals surface area contributed by atoms with Crippen molar-refractivity contribution < 1.29 is 23.4 Å². The minimum atomic E-state index is -1.19. The molecule has 2 aromatic rings. The maximum atomic E-state index is 16.1. The maximum Gasteiger partial charge on any atom is 0.410 e. The number of fused-ring (bicyclic) bond motifs is 2. The van der Waals surface area contributed by atoms with Crippen molar-refractivity contribution in [3.63, 3.8) is 0 Å². The van der Waals surface area contributed by atoms with E-state index in [0.717, 1.165) is 24.8 Å². The van der Waals surface area contributed by atoms with Gasteiger partial charge in [-0.05, 0) is 71.1 Å². The van der Waals surface area contributed by atoms with Crippen molar-refractivity contribution in [1.82, 2.24) is 15.1 Å². The summed E-state index contributed by atoms with van der Waals surface area (Å²) in [6.45, 7) is 5.58. The molecule has 3 aliphatic rings. The smallest absolute Gasteiger partial charge is 0.410 e. The Labute approximate surface area is 219 Å². The van der Waals surface area contributed by atoms with Gasteiger partial charge in [-0.15, -0.1) is 10.2 Å². The molecule has 36 heavy (non-hydrogen) atoms. The van der Waals surface area contributed by atoms with Crippen LogP contribution in [0, 0.1) is 0 Å². The van der Waals surface area contributed by atoms with Gasteiger partial charge in [0.05, 0.1) is 17.6 Å². The number of hydrogen-bond donors (Lipinski definition) is 0. The number of ether oxygens (including phenoxy) is 3. The van der Waals surface area contributed by atoms with Crippen molar-refractivity contribution in [2.75, 3.05) is 18.8 Å². The van der Waals surface area contributed by atoms with Gasteiger partial charge in [0.2, 0.25) is 5.13 Å². The lowest BCUT2D eigenvalue weighted by Crippen LogP contribution is -2.60. The zero-order chi connectivity index (χ0) is 25.6. The zero-order valence-electron chi connectivity index (χ0n) is 20.9. The van der Waals surface area contributed by atoms with Crippen LogP contribution in [0.5, 0.6) is 5.75 Å². The van der Waals surface area contributed by atoms with Gasteiger partial charge in [-0.3, -0.25) is 4.90 Å². The SMILES string of the molecule is COCOc1cc(Cl)ccc1-c1nnc(N(C2CC2)[C@@H]2C[C@H]3CC[C@@H]([C@@H]2F)N3C(=O)OC(C)(C)C)s1. The fourth-order valence-corrected chi connectivity index (χ4v) is 6.42. The molecule has 0 spiro atoms. The Hall–Kier alpha value is -2.17. The Kier molecular flexibility index (Phi) is 7.04. The first-order chi connectivity index (χ1) is 17.2. The molecule has 0 unspecified atom stereocenters. The molecule has 5 rings (SSSR count). The number of methoxy groups -OCH3 is 1. The molecule has 1 amide bonds. The highest BCUT2D eigenvalue weighted by molar-refractivity contribution is 7.18. The molecule has 1 saturated carbocycles. The van der Waals surface area contributed by atoms with E-state index in [0.29, 0.717) is 33.8 Å². The third-order valence-electron chi connectivity index (χ3n) is 6.84. The summed E-state index contributed by atoms with van der Waals surface area (Å²) in [5, 5.41) is 10.8. The van der Waals surface area contributed by atoms with Crippen LogP contribution in [-0.4, -0.2) is 71.0 Å². The van der Waals surface area contributed by atoms with Crippen LogP contribution in [0.15, 0.2) is 18.2 Å². The number of anilines is 1. The highest BCUT2D eigenvalue weighted by Crippen LogP contribution is 2.46. The van der Waals surface area contributed by atoms with Crippen molar-refractivity contribution in [1.29, 1.82) is 0 Å². The number of amides is 1. The van der Waals surface area contributed by atoms with Gasteiger partial charge in [0.15, 0.2) is 11.8 Å². The van der Waals surface area contributed by atoms with Crippen LogP contribution in [0.3, 0.4) is 0 Å². The summed E-state index contributed by atoms with van der Waals surface area (Å²) in [5.74, 6) is 0.553. The molecule has 8 nitrogen and oxygen atoms in total. The molecule has 0 radical (unpaired) electrons. The van der Waals surface area contributed by atoms with Gasteiger partial charge in [-0.1, -0.05) is 22.9 Å². The highest BCUT2D eigenvalue weighted by Gasteiger charge is 2.54. The monoisotopic (exact) mass is 538 g/mol. The van der Waals surface area contributed by atoms with Crippen LogP contribution in [0.2, 0.25) is 5.02 Å². The topological polar surface area (TPSA) is 77.0 Å². The number of nitrogens with zero attached hydrogens (tertiary/aromatic N) is 4. The predicted molar refractivity (Wildman–Crippen MR) is 137 cm³/mol. The number of benzene rings is 1. The van der Waals surface area contributed by atoms with E-state index in [9.17, 15) is 4.79 Å². The molecule has 2 bridgehead atoms. The normalized spacial score (nSPS) is 25.7. The quantitative estimate of drug-likeness (QED) is 0.419. The van der Waals surface area contributed by atoms with Crippen molar-refractivity contribution in [2.24, 2.45) is 0 Å². The summed E-state index contributed by atoms with van der Waals surface area (Å²) in [6.07, 6.45) is 2.35. The second-order valence-corrected chi connectivity index (χ2v) is 12.0. The number of rotatable bonds is 7. The van der Waals surface area contributed by atoms with Crippen LogP contribution in [0.25, 0.3) is 10.6 Å². The van der Waals surface area contributed by atoms with E-state index < -0.39 is 23.9 Å². The third-order valence-corrected chi connectivity index (χ3v) is 8.04. The van der Waals surface area contributed by atoms with E-state index in [4.69, 9.17) is 25.8 Å². The van der Waals surface area contributed by atoms with Gasteiger partial charge >= 0.3 is 6.09 Å². The number of hydrogen-bond acceptors (Lipinski definition) is 8. The number of aromatic nitrogens is 2. The van der Waals surface area contributed by atoms with Crippen LogP contribution < -0.4 is 9.64 Å². The first kappa shape index (κ1) is 25.5. The zero-order valence-corrected chi connectivity index (χ0v) is 22.5. The summed E-state index contributed by atoms with van der Waals surface area (Å²) in [7, 11) is 1.55. The van der Waals surface area contributed by atoms with E-state index in [2.05, 4.69) is 15.1 Å². The molecule has 196 valence electrons. The Morgan fingerprint density at radius 1 is 1.25 bits per heavy atom. The standard InChI is InChI=1S/C25H32ClFN4O4S/c1-25(2,3)35-24(32)31-16-8-10-18(31)21(27)19(12-16)30(15-6-7-15)23-29-28-22(36-23)17-9-5-14(26)11-20(17)34-13-33-4/h5,9,11,15-16,18-19,21H,6-8,10,12-13H2,1-4H3/t16-,18+,19-,21+/m1/s1. The van der Waals surface area contributed by atoms with Crippen LogP contribution in [-0.2, 0) is 9.47 Å². The van der Waals surface area contributed by atoms with Gasteiger partial charge in [0.1, 0.15) is 17.5 Å². The number of piperidine rings is 1.